The highest BCUT2D eigenvalue weighted by atomic mass is 32.2. The van der Waals surface area contributed by atoms with Crippen molar-refractivity contribution >= 4 is 27.2 Å². The van der Waals surface area contributed by atoms with Gasteiger partial charge in [0.1, 0.15) is 0 Å². The highest BCUT2D eigenvalue weighted by molar-refractivity contribution is 7.91. The van der Waals surface area contributed by atoms with Crippen molar-refractivity contribution in [1.82, 2.24) is 15.1 Å². The Kier molecular flexibility index (Phi) is 7.08. The molecule has 2 amide bonds. The molecule has 1 atom stereocenters. The maximum atomic E-state index is 12.7. The first-order chi connectivity index (χ1) is 13.9. The maximum Gasteiger partial charge on any atom is 0.239 e. The van der Waals surface area contributed by atoms with Gasteiger partial charge < -0.3 is 10.2 Å². The van der Waals surface area contributed by atoms with Gasteiger partial charge in [0.05, 0.1) is 24.6 Å². The summed E-state index contributed by atoms with van der Waals surface area (Å²) in [7, 11) is -3.04. The van der Waals surface area contributed by atoms with E-state index in [0.717, 1.165) is 13.0 Å². The van der Waals surface area contributed by atoms with Crippen LogP contribution in [-0.2, 0) is 19.4 Å². The quantitative estimate of drug-likeness (QED) is 0.710. The Morgan fingerprint density at radius 1 is 1.24 bits per heavy atom. The zero-order chi connectivity index (χ0) is 20.9. The van der Waals surface area contributed by atoms with Crippen LogP contribution >= 0.6 is 0 Å². The third-order valence-corrected chi connectivity index (χ3v) is 7.23. The van der Waals surface area contributed by atoms with Crippen LogP contribution in [0.4, 0.5) is 0 Å². The van der Waals surface area contributed by atoms with Gasteiger partial charge in [-0.15, -0.1) is 0 Å². The summed E-state index contributed by atoms with van der Waals surface area (Å²) in [6.45, 7) is 4.03. The zero-order valence-electron chi connectivity index (χ0n) is 16.8. The van der Waals surface area contributed by atoms with Gasteiger partial charge in [-0.3, -0.25) is 14.5 Å². The molecule has 1 aromatic rings. The van der Waals surface area contributed by atoms with Crippen LogP contribution in [0, 0.1) is 0 Å². The van der Waals surface area contributed by atoms with Crippen LogP contribution in [0.5, 0.6) is 0 Å². The molecule has 8 heteroatoms. The zero-order valence-corrected chi connectivity index (χ0v) is 17.7. The summed E-state index contributed by atoms with van der Waals surface area (Å²) >= 11 is 0. The number of nitrogens with zero attached hydrogens (tertiary/aromatic N) is 2. The highest BCUT2D eigenvalue weighted by Gasteiger charge is 2.29. The molecular formula is C21H29N3O4S. The minimum atomic E-state index is -3.04. The Labute approximate surface area is 172 Å². The Morgan fingerprint density at radius 2 is 2.00 bits per heavy atom. The molecule has 0 bridgehead atoms. The minimum absolute atomic E-state index is 0.0112. The van der Waals surface area contributed by atoms with Gasteiger partial charge >= 0.3 is 0 Å². The lowest BCUT2D eigenvalue weighted by Gasteiger charge is -2.29. The van der Waals surface area contributed by atoms with Gasteiger partial charge in [0.25, 0.3) is 0 Å². The van der Waals surface area contributed by atoms with E-state index in [1.807, 2.05) is 25.1 Å². The maximum absolute atomic E-state index is 12.7. The Bertz CT molecular complexity index is 867. The first-order valence-corrected chi connectivity index (χ1v) is 11.9. The van der Waals surface area contributed by atoms with E-state index in [1.54, 1.807) is 0 Å². The summed E-state index contributed by atoms with van der Waals surface area (Å²) in [6, 6.07) is 9.90. The molecule has 0 radical (unpaired) electrons. The molecule has 0 aliphatic carbocycles. The number of rotatable bonds is 7. The molecule has 0 aromatic heterocycles. The lowest BCUT2D eigenvalue weighted by atomic mass is 9.99. The lowest BCUT2D eigenvalue weighted by molar-refractivity contribution is -0.136. The molecular weight excluding hydrogens is 390 g/mol. The standard InChI is InChI=1S/C21H29N3O4S/c1-2-24(14-20(25)22-19-10-13-29(27,28)16-19)21(26)15-23-11-8-18(9-12-23)17-6-4-3-5-7-17/h3-8,19H,2,9-16H2,1H3,(H,22,25)/t19-/m0/s1. The average Bonchev–Trinajstić information content (AvgIpc) is 3.05. The minimum Gasteiger partial charge on any atom is -0.351 e. The first-order valence-electron chi connectivity index (χ1n) is 10.1. The van der Waals surface area contributed by atoms with Crippen LogP contribution in [0.2, 0.25) is 0 Å². The Morgan fingerprint density at radius 3 is 2.59 bits per heavy atom. The third kappa shape index (κ3) is 6.14. The van der Waals surface area contributed by atoms with Crippen molar-refractivity contribution in [2.75, 3.05) is 44.2 Å². The molecule has 1 fully saturated rings. The second kappa shape index (κ2) is 9.54. The predicted molar refractivity (Wildman–Crippen MR) is 113 cm³/mol. The van der Waals surface area contributed by atoms with Crippen LogP contribution in [0.1, 0.15) is 25.3 Å². The number of carbonyl (C=O) groups excluding carboxylic acids is 2. The van der Waals surface area contributed by atoms with Gasteiger partial charge in [-0.05, 0) is 30.9 Å². The molecule has 1 aromatic carbocycles. The van der Waals surface area contributed by atoms with E-state index in [4.69, 9.17) is 0 Å². The lowest BCUT2D eigenvalue weighted by Crippen LogP contribution is -2.47. The largest absolute Gasteiger partial charge is 0.351 e. The topological polar surface area (TPSA) is 86.8 Å². The summed E-state index contributed by atoms with van der Waals surface area (Å²) in [5, 5.41) is 2.75. The number of nitrogens with one attached hydrogen (secondary N) is 1. The Balaban J connectivity index is 1.47. The molecule has 29 heavy (non-hydrogen) atoms. The molecule has 0 unspecified atom stereocenters. The molecule has 2 aliphatic rings. The van der Waals surface area contributed by atoms with Gasteiger partial charge in [-0.1, -0.05) is 36.4 Å². The normalized spacial score (nSPS) is 21.4. The van der Waals surface area contributed by atoms with Crippen LogP contribution in [0.15, 0.2) is 36.4 Å². The molecule has 3 rings (SSSR count). The summed E-state index contributed by atoms with van der Waals surface area (Å²) in [5.41, 5.74) is 2.52. The van der Waals surface area contributed by atoms with Crippen LogP contribution in [0.3, 0.4) is 0 Å². The fourth-order valence-corrected chi connectivity index (χ4v) is 5.47. The van der Waals surface area contributed by atoms with Crippen molar-refractivity contribution in [3.63, 3.8) is 0 Å². The number of benzene rings is 1. The number of carbonyl (C=O) groups is 2. The van der Waals surface area contributed by atoms with Crippen molar-refractivity contribution in [1.29, 1.82) is 0 Å². The molecule has 1 N–H and O–H groups in total. The van der Waals surface area contributed by atoms with E-state index >= 15 is 0 Å². The average molecular weight is 420 g/mol. The summed E-state index contributed by atoms with van der Waals surface area (Å²) in [4.78, 5) is 28.5. The van der Waals surface area contributed by atoms with Crippen molar-refractivity contribution in [2.45, 2.75) is 25.8 Å². The molecule has 2 heterocycles. The predicted octanol–water partition coefficient (Wildman–Crippen LogP) is 0.928. The molecule has 0 spiro atoms. The van der Waals surface area contributed by atoms with Crippen molar-refractivity contribution < 1.29 is 18.0 Å². The molecule has 1 saturated heterocycles. The SMILES string of the molecule is CCN(CC(=O)N[C@H]1CCS(=O)(=O)C1)C(=O)CN1CC=C(c2ccccc2)CC1. The second-order valence-electron chi connectivity index (χ2n) is 7.66. The smallest absolute Gasteiger partial charge is 0.239 e. The fourth-order valence-electron chi connectivity index (χ4n) is 3.79. The van der Waals surface area contributed by atoms with Gasteiger partial charge in [0.2, 0.25) is 11.8 Å². The number of hydrogen-bond donors (Lipinski definition) is 1. The van der Waals surface area contributed by atoms with Gasteiger partial charge in [-0.25, -0.2) is 8.42 Å². The summed E-state index contributed by atoms with van der Waals surface area (Å²) < 4.78 is 23.0. The van der Waals surface area contributed by atoms with Crippen molar-refractivity contribution in [3.8, 4) is 0 Å². The van der Waals surface area contributed by atoms with E-state index in [9.17, 15) is 18.0 Å². The third-order valence-electron chi connectivity index (χ3n) is 5.46. The second-order valence-corrected chi connectivity index (χ2v) is 9.88. The number of hydrogen-bond acceptors (Lipinski definition) is 5. The van der Waals surface area contributed by atoms with Gasteiger partial charge in [0, 0.05) is 25.7 Å². The molecule has 2 aliphatic heterocycles. The summed E-state index contributed by atoms with van der Waals surface area (Å²) in [5.74, 6) is -0.282. The van der Waals surface area contributed by atoms with Crippen molar-refractivity contribution in [2.24, 2.45) is 0 Å². The molecule has 158 valence electrons. The summed E-state index contributed by atoms with van der Waals surface area (Å²) in [6.07, 6.45) is 3.49. The number of likely N-dealkylation sites (N-methyl/N-ethyl adjacent to an activating group) is 1. The monoisotopic (exact) mass is 419 g/mol. The Hall–Kier alpha value is -2.19. The van der Waals surface area contributed by atoms with E-state index in [2.05, 4.69) is 28.4 Å². The van der Waals surface area contributed by atoms with E-state index in [-0.39, 0.29) is 42.5 Å². The van der Waals surface area contributed by atoms with E-state index in [1.165, 1.54) is 16.0 Å². The first kappa shape index (κ1) is 21.5. The van der Waals surface area contributed by atoms with Gasteiger partial charge in [-0.2, -0.15) is 0 Å². The van der Waals surface area contributed by atoms with E-state index < -0.39 is 9.84 Å². The number of amides is 2. The van der Waals surface area contributed by atoms with Crippen LogP contribution in [-0.4, -0.2) is 80.3 Å². The van der Waals surface area contributed by atoms with Gasteiger partial charge in [0.15, 0.2) is 9.84 Å². The van der Waals surface area contributed by atoms with Crippen LogP contribution < -0.4 is 5.32 Å². The molecule has 0 saturated carbocycles. The van der Waals surface area contributed by atoms with Crippen LogP contribution in [0.25, 0.3) is 5.57 Å². The van der Waals surface area contributed by atoms with E-state index in [0.29, 0.717) is 19.5 Å². The number of sulfone groups is 1. The van der Waals surface area contributed by atoms with Crippen molar-refractivity contribution in [3.05, 3.63) is 42.0 Å². The molecule has 7 nitrogen and oxygen atoms in total. The fraction of sp³-hybridized carbons (Fsp3) is 0.524. The highest BCUT2D eigenvalue weighted by Crippen LogP contribution is 2.21.